The molecule has 0 aliphatic carbocycles. The largest absolute Gasteiger partial charge is 0.393 e. The van der Waals surface area contributed by atoms with Crippen molar-refractivity contribution in [3.8, 4) is 0 Å². The van der Waals surface area contributed by atoms with Gasteiger partial charge in [-0.15, -0.1) is 0 Å². The standard InChI is InChI=1S/C9H17N3OS/c1-11(7-4-8(10)14)9(13)12-5-2-3-6-12/h2-7H2,1H3,(H2,10,14). The van der Waals surface area contributed by atoms with Crippen LogP contribution in [0.25, 0.3) is 0 Å². The van der Waals surface area contributed by atoms with Crippen molar-refractivity contribution in [2.75, 3.05) is 26.7 Å². The summed E-state index contributed by atoms with van der Waals surface area (Å²) in [5.41, 5.74) is 5.37. The molecule has 0 atom stereocenters. The van der Waals surface area contributed by atoms with Crippen LogP contribution >= 0.6 is 12.2 Å². The molecule has 1 aliphatic rings. The van der Waals surface area contributed by atoms with Crippen LogP contribution < -0.4 is 5.73 Å². The Hall–Kier alpha value is -0.840. The van der Waals surface area contributed by atoms with E-state index in [4.69, 9.17) is 18.0 Å². The van der Waals surface area contributed by atoms with Crippen molar-refractivity contribution < 1.29 is 4.79 Å². The van der Waals surface area contributed by atoms with E-state index in [-0.39, 0.29) is 6.03 Å². The molecule has 2 N–H and O–H groups in total. The van der Waals surface area contributed by atoms with Crippen LogP contribution in [0.2, 0.25) is 0 Å². The van der Waals surface area contributed by atoms with E-state index in [0.29, 0.717) is 18.0 Å². The first-order valence-corrected chi connectivity index (χ1v) is 5.30. The smallest absolute Gasteiger partial charge is 0.319 e. The van der Waals surface area contributed by atoms with E-state index in [1.165, 1.54) is 0 Å². The van der Waals surface area contributed by atoms with Crippen molar-refractivity contribution in [2.24, 2.45) is 5.73 Å². The monoisotopic (exact) mass is 215 g/mol. The molecular formula is C9H17N3OS. The number of hydrogen-bond donors (Lipinski definition) is 1. The third-order valence-corrected chi connectivity index (χ3v) is 2.60. The molecule has 1 aliphatic heterocycles. The maximum atomic E-state index is 11.7. The zero-order valence-electron chi connectivity index (χ0n) is 8.53. The maximum absolute atomic E-state index is 11.7. The summed E-state index contributed by atoms with van der Waals surface area (Å²) < 4.78 is 0. The number of carbonyl (C=O) groups is 1. The highest BCUT2D eigenvalue weighted by Gasteiger charge is 2.20. The van der Waals surface area contributed by atoms with Gasteiger partial charge in [-0.1, -0.05) is 12.2 Å². The average Bonchev–Trinajstić information content (AvgIpc) is 2.65. The van der Waals surface area contributed by atoms with Crippen LogP contribution in [-0.2, 0) is 0 Å². The van der Waals surface area contributed by atoms with E-state index in [0.717, 1.165) is 25.9 Å². The second kappa shape index (κ2) is 5.14. The molecular weight excluding hydrogens is 198 g/mol. The van der Waals surface area contributed by atoms with Gasteiger partial charge in [0.2, 0.25) is 0 Å². The molecule has 0 aromatic carbocycles. The fraction of sp³-hybridized carbons (Fsp3) is 0.778. The average molecular weight is 215 g/mol. The Kier molecular flexibility index (Phi) is 4.13. The number of urea groups is 1. The summed E-state index contributed by atoms with van der Waals surface area (Å²) in [5, 5.41) is 0. The minimum atomic E-state index is 0.0961. The number of hydrogen-bond acceptors (Lipinski definition) is 2. The summed E-state index contributed by atoms with van der Waals surface area (Å²) in [6.07, 6.45) is 2.84. The SMILES string of the molecule is CN(CCC(N)=S)C(=O)N1CCCC1. The molecule has 0 radical (unpaired) electrons. The third kappa shape index (κ3) is 3.14. The molecule has 14 heavy (non-hydrogen) atoms. The lowest BCUT2D eigenvalue weighted by atomic mass is 10.4. The van der Waals surface area contributed by atoms with Crippen LogP contribution in [0.3, 0.4) is 0 Å². The summed E-state index contributed by atoms with van der Waals surface area (Å²) in [5.74, 6) is 0. The van der Waals surface area contributed by atoms with Crippen molar-refractivity contribution in [1.29, 1.82) is 0 Å². The van der Waals surface area contributed by atoms with Crippen LogP contribution in [0, 0.1) is 0 Å². The highest BCUT2D eigenvalue weighted by atomic mass is 32.1. The number of rotatable bonds is 3. The molecule has 1 heterocycles. The summed E-state index contributed by atoms with van der Waals surface area (Å²) in [6.45, 7) is 2.39. The van der Waals surface area contributed by atoms with Crippen molar-refractivity contribution in [3.05, 3.63) is 0 Å². The predicted octanol–water partition coefficient (Wildman–Crippen LogP) is 0.810. The van der Waals surface area contributed by atoms with Gasteiger partial charge in [0.05, 0.1) is 4.99 Å². The Morgan fingerprint density at radius 1 is 1.50 bits per heavy atom. The van der Waals surface area contributed by atoms with Crippen LogP contribution in [0.5, 0.6) is 0 Å². The molecule has 0 saturated carbocycles. The first kappa shape index (κ1) is 11.2. The van der Waals surface area contributed by atoms with Gasteiger partial charge in [0.25, 0.3) is 0 Å². The van der Waals surface area contributed by atoms with E-state index < -0.39 is 0 Å². The molecule has 0 bridgehead atoms. The molecule has 0 aromatic heterocycles. The minimum absolute atomic E-state index is 0.0961. The Morgan fingerprint density at radius 3 is 2.57 bits per heavy atom. The Labute approximate surface area is 90.0 Å². The molecule has 4 nitrogen and oxygen atoms in total. The second-order valence-electron chi connectivity index (χ2n) is 3.61. The number of nitrogens with two attached hydrogens (primary N) is 1. The fourth-order valence-electron chi connectivity index (χ4n) is 1.52. The van der Waals surface area contributed by atoms with Crippen molar-refractivity contribution in [3.63, 3.8) is 0 Å². The molecule has 80 valence electrons. The number of carbonyl (C=O) groups excluding carboxylic acids is 1. The number of thiocarbonyl (C=S) groups is 1. The summed E-state index contributed by atoms with van der Waals surface area (Å²) in [4.78, 5) is 15.7. The van der Waals surface area contributed by atoms with Gasteiger partial charge in [0, 0.05) is 33.1 Å². The Bertz CT molecular complexity index is 226. The zero-order chi connectivity index (χ0) is 10.6. The highest BCUT2D eigenvalue weighted by Crippen LogP contribution is 2.09. The lowest BCUT2D eigenvalue weighted by Crippen LogP contribution is -2.40. The van der Waals surface area contributed by atoms with Gasteiger partial charge in [-0.25, -0.2) is 4.79 Å². The van der Waals surface area contributed by atoms with Gasteiger partial charge in [-0.05, 0) is 12.8 Å². The van der Waals surface area contributed by atoms with Gasteiger partial charge in [0.1, 0.15) is 0 Å². The van der Waals surface area contributed by atoms with Gasteiger partial charge in [-0.2, -0.15) is 0 Å². The predicted molar refractivity (Wildman–Crippen MR) is 60.2 cm³/mol. The van der Waals surface area contributed by atoms with Crippen LogP contribution in [-0.4, -0.2) is 47.5 Å². The Balaban J connectivity index is 2.31. The molecule has 0 unspecified atom stereocenters. The summed E-state index contributed by atoms with van der Waals surface area (Å²) in [6, 6.07) is 0.0961. The van der Waals surface area contributed by atoms with Crippen LogP contribution in [0.4, 0.5) is 4.79 Å². The highest BCUT2D eigenvalue weighted by molar-refractivity contribution is 7.80. The first-order chi connectivity index (χ1) is 6.61. The molecule has 1 rings (SSSR count). The zero-order valence-corrected chi connectivity index (χ0v) is 9.35. The normalized spacial score (nSPS) is 15.6. The van der Waals surface area contributed by atoms with Crippen molar-refractivity contribution >= 4 is 23.2 Å². The maximum Gasteiger partial charge on any atom is 0.319 e. The van der Waals surface area contributed by atoms with Gasteiger partial charge >= 0.3 is 6.03 Å². The number of likely N-dealkylation sites (tertiary alicyclic amines) is 1. The van der Waals surface area contributed by atoms with Crippen LogP contribution in [0.1, 0.15) is 19.3 Å². The van der Waals surface area contributed by atoms with E-state index in [1.54, 1.807) is 11.9 Å². The first-order valence-electron chi connectivity index (χ1n) is 4.89. The molecule has 1 fully saturated rings. The van der Waals surface area contributed by atoms with E-state index >= 15 is 0 Å². The quantitative estimate of drug-likeness (QED) is 0.709. The Morgan fingerprint density at radius 2 is 2.07 bits per heavy atom. The van der Waals surface area contributed by atoms with E-state index in [9.17, 15) is 4.79 Å². The fourth-order valence-corrected chi connectivity index (χ4v) is 1.61. The third-order valence-electron chi connectivity index (χ3n) is 2.40. The van der Waals surface area contributed by atoms with Crippen molar-refractivity contribution in [1.82, 2.24) is 9.80 Å². The van der Waals surface area contributed by atoms with Crippen LogP contribution in [0.15, 0.2) is 0 Å². The van der Waals surface area contributed by atoms with Gasteiger partial charge in [0.15, 0.2) is 0 Å². The number of amides is 2. The molecule has 2 amide bonds. The van der Waals surface area contributed by atoms with Crippen molar-refractivity contribution in [2.45, 2.75) is 19.3 Å². The lowest BCUT2D eigenvalue weighted by Gasteiger charge is -2.23. The van der Waals surface area contributed by atoms with Gasteiger partial charge < -0.3 is 15.5 Å². The summed E-state index contributed by atoms with van der Waals surface area (Å²) >= 11 is 4.76. The topological polar surface area (TPSA) is 49.6 Å². The van der Waals surface area contributed by atoms with Gasteiger partial charge in [-0.3, -0.25) is 0 Å². The lowest BCUT2D eigenvalue weighted by molar-refractivity contribution is 0.174. The summed E-state index contributed by atoms with van der Waals surface area (Å²) in [7, 11) is 1.79. The van der Waals surface area contributed by atoms with E-state index in [2.05, 4.69) is 0 Å². The minimum Gasteiger partial charge on any atom is -0.393 e. The molecule has 1 saturated heterocycles. The molecule has 0 spiro atoms. The molecule has 0 aromatic rings. The molecule has 5 heteroatoms. The second-order valence-corrected chi connectivity index (χ2v) is 4.14. The van der Waals surface area contributed by atoms with E-state index in [1.807, 2.05) is 4.90 Å². The number of nitrogens with zero attached hydrogens (tertiary/aromatic N) is 2.